The molecule has 0 unspecified atom stereocenters. The topological polar surface area (TPSA) is 77.0 Å². The molecule has 0 fully saturated rings. The molecule has 0 aliphatic carbocycles. The number of ether oxygens (including phenoxy) is 3. The molecular formula is C22H29NO5. The van der Waals surface area contributed by atoms with Crippen LogP contribution in [0.1, 0.15) is 38.0 Å². The monoisotopic (exact) mass is 387 g/mol. The first-order valence-electron chi connectivity index (χ1n) is 9.22. The molecule has 0 radical (unpaired) electrons. The second kappa shape index (κ2) is 10.1. The maximum atomic E-state index is 12.0. The van der Waals surface area contributed by atoms with E-state index in [1.54, 1.807) is 20.8 Å². The average Bonchev–Trinajstić information content (AvgIpc) is 2.66. The zero-order valence-electron chi connectivity index (χ0n) is 16.8. The summed E-state index contributed by atoms with van der Waals surface area (Å²) in [4.78, 5) is 12.0. The maximum absolute atomic E-state index is 12.0. The summed E-state index contributed by atoms with van der Waals surface area (Å²) >= 11 is 0. The molecule has 2 rings (SSSR count). The first kappa shape index (κ1) is 21.7. The van der Waals surface area contributed by atoms with Crippen molar-refractivity contribution >= 4 is 6.09 Å². The molecule has 2 aromatic carbocycles. The van der Waals surface area contributed by atoms with Gasteiger partial charge in [-0.3, -0.25) is 0 Å². The summed E-state index contributed by atoms with van der Waals surface area (Å²) in [6.45, 7) is 5.53. The second-order valence-corrected chi connectivity index (χ2v) is 7.43. The Kier molecular flexibility index (Phi) is 7.84. The second-order valence-electron chi connectivity index (χ2n) is 7.43. The van der Waals surface area contributed by atoms with E-state index in [0.717, 1.165) is 16.9 Å². The highest BCUT2D eigenvalue weighted by Crippen LogP contribution is 2.24. The largest absolute Gasteiger partial charge is 0.489 e. The van der Waals surface area contributed by atoms with Gasteiger partial charge in [0.15, 0.2) is 0 Å². The van der Waals surface area contributed by atoms with Crippen LogP contribution < -0.4 is 10.1 Å². The van der Waals surface area contributed by atoms with Crippen molar-refractivity contribution < 1.29 is 24.1 Å². The Labute approximate surface area is 166 Å². The highest BCUT2D eigenvalue weighted by molar-refractivity contribution is 5.68. The van der Waals surface area contributed by atoms with Crippen molar-refractivity contribution in [1.82, 2.24) is 5.32 Å². The molecule has 0 saturated carbocycles. The lowest BCUT2D eigenvalue weighted by molar-refractivity contribution is 0.0215. The SMILES string of the molecule is CO[C@@H](c1ccc(OCc2ccccc2)cc1)[C@@H](CO)NC(=O)OC(C)(C)C. The number of carbonyl (C=O) groups is 1. The Bertz CT molecular complexity index is 725. The standard InChI is InChI=1S/C22H29NO5/c1-22(2,3)28-21(25)23-19(14-24)20(26-4)17-10-12-18(13-11-17)27-15-16-8-6-5-7-9-16/h5-13,19-20,24H,14-15H2,1-4H3,(H,23,25)/t19-,20+/m1/s1. The minimum absolute atomic E-state index is 0.288. The predicted molar refractivity (Wildman–Crippen MR) is 107 cm³/mol. The quantitative estimate of drug-likeness (QED) is 0.720. The Morgan fingerprint density at radius 2 is 1.71 bits per heavy atom. The highest BCUT2D eigenvalue weighted by Gasteiger charge is 2.26. The summed E-state index contributed by atoms with van der Waals surface area (Å²) in [5.41, 5.74) is 1.28. The van der Waals surface area contributed by atoms with Gasteiger partial charge < -0.3 is 24.6 Å². The molecule has 2 N–H and O–H groups in total. The van der Waals surface area contributed by atoms with E-state index in [0.29, 0.717) is 6.61 Å². The number of aliphatic hydroxyl groups excluding tert-OH is 1. The average molecular weight is 387 g/mol. The normalized spacial score (nSPS) is 13.5. The molecule has 0 bridgehead atoms. The Balaban J connectivity index is 2.00. The zero-order valence-corrected chi connectivity index (χ0v) is 16.8. The van der Waals surface area contributed by atoms with E-state index < -0.39 is 23.8 Å². The first-order chi connectivity index (χ1) is 13.3. The van der Waals surface area contributed by atoms with Crippen molar-refractivity contribution in [2.75, 3.05) is 13.7 Å². The molecule has 2 aromatic rings. The molecule has 0 aromatic heterocycles. The van der Waals surface area contributed by atoms with Crippen molar-refractivity contribution in [3.8, 4) is 5.75 Å². The fourth-order valence-corrected chi connectivity index (χ4v) is 2.70. The number of rotatable bonds is 8. The van der Waals surface area contributed by atoms with Gasteiger partial charge in [-0.2, -0.15) is 0 Å². The van der Waals surface area contributed by atoms with Gasteiger partial charge >= 0.3 is 6.09 Å². The maximum Gasteiger partial charge on any atom is 0.408 e. The lowest BCUT2D eigenvalue weighted by Gasteiger charge is -2.27. The summed E-state index contributed by atoms with van der Waals surface area (Å²) in [5.74, 6) is 0.725. The van der Waals surface area contributed by atoms with E-state index in [-0.39, 0.29) is 6.61 Å². The predicted octanol–water partition coefficient (Wildman–Crippen LogP) is 3.84. The molecule has 152 valence electrons. The van der Waals surface area contributed by atoms with Gasteiger partial charge in [0, 0.05) is 7.11 Å². The number of nitrogens with one attached hydrogen (secondary N) is 1. The van der Waals surface area contributed by atoms with Crippen LogP contribution in [-0.2, 0) is 16.1 Å². The lowest BCUT2D eigenvalue weighted by atomic mass is 10.0. The Morgan fingerprint density at radius 1 is 1.07 bits per heavy atom. The summed E-state index contributed by atoms with van der Waals surface area (Å²) in [7, 11) is 1.53. The molecular weight excluding hydrogens is 358 g/mol. The van der Waals surface area contributed by atoms with Gasteiger partial charge in [0.05, 0.1) is 12.6 Å². The van der Waals surface area contributed by atoms with Gasteiger partial charge in [0.2, 0.25) is 0 Å². The molecule has 1 amide bonds. The molecule has 2 atom stereocenters. The Hall–Kier alpha value is -2.57. The van der Waals surface area contributed by atoms with Crippen molar-refractivity contribution in [3.05, 3.63) is 65.7 Å². The number of amides is 1. The number of aliphatic hydroxyl groups is 1. The van der Waals surface area contributed by atoms with E-state index in [2.05, 4.69) is 5.32 Å². The summed E-state index contributed by atoms with van der Waals surface area (Å²) in [5, 5.41) is 12.4. The van der Waals surface area contributed by atoms with Crippen molar-refractivity contribution in [1.29, 1.82) is 0 Å². The molecule has 28 heavy (non-hydrogen) atoms. The van der Waals surface area contributed by atoms with Gasteiger partial charge in [-0.05, 0) is 44.0 Å². The number of benzene rings is 2. The molecule has 0 aliphatic heterocycles. The fraction of sp³-hybridized carbons (Fsp3) is 0.409. The van der Waals surface area contributed by atoms with Crippen LogP contribution in [0.25, 0.3) is 0 Å². The van der Waals surface area contributed by atoms with Crippen LogP contribution in [0.15, 0.2) is 54.6 Å². The molecule has 6 nitrogen and oxygen atoms in total. The summed E-state index contributed by atoms with van der Waals surface area (Å²) < 4.78 is 16.6. The fourth-order valence-electron chi connectivity index (χ4n) is 2.70. The van der Waals surface area contributed by atoms with Crippen LogP contribution in [0.5, 0.6) is 5.75 Å². The number of methoxy groups -OCH3 is 1. The zero-order chi connectivity index (χ0) is 20.6. The van der Waals surface area contributed by atoms with Crippen LogP contribution >= 0.6 is 0 Å². The minimum Gasteiger partial charge on any atom is -0.489 e. The lowest BCUT2D eigenvalue weighted by Crippen LogP contribution is -2.44. The van der Waals surface area contributed by atoms with Gasteiger partial charge in [-0.15, -0.1) is 0 Å². The third-order valence-electron chi connectivity index (χ3n) is 3.98. The van der Waals surface area contributed by atoms with E-state index in [1.165, 1.54) is 7.11 Å². The van der Waals surface area contributed by atoms with Crippen LogP contribution in [0.2, 0.25) is 0 Å². The Morgan fingerprint density at radius 3 is 2.25 bits per heavy atom. The number of hydrogen-bond donors (Lipinski definition) is 2. The van der Waals surface area contributed by atoms with Gasteiger partial charge in [-0.25, -0.2) is 4.79 Å². The molecule has 6 heteroatoms. The number of carbonyl (C=O) groups excluding carboxylic acids is 1. The molecule has 0 saturated heterocycles. The number of hydrogen-bond acceptors (Lipinski definition) is 5. The van der Waals surface area contributed by atoms with Gasteiger partial charge in [0.1, 0.15) is 24.1 Å². The smallest absolute Gasteiger partial charge is 0.408 e. The molecule has 0 heterocycles. The van der Waals surface area contributed by atoms with E-state index in [9.17, 15) is 9.90 Å². The number of alkyl carbamates (subject to hydrolysis) is 1. The van der Waals surface area contributed by atoms with Crippen LogP contribution in [0, 0.1) is 0 Å². The van der Waals surface area contributed by atoms with Crippen molar-refractivity contribution in [2.45, 2.75) is 45.1 Å². The van der Waals surface area contributed by atoms with Crippen LogP contribution in [-0.4, -0.2) is 36.6 Å². The highest BCUT2D eigenvalue weighted by atomic mass is 16.6. The van der Waals surface area contributed by atoms with Crippen LogP contribution in [0.3, 0.4) is 0 Å². The molecule has 0 spiro atoms. The van der Waals surface area contributed by atoms with E-state index in [1.807, 2.05) is 54.6 Å². The van der Waals surface area contributed by atoms with Crippen molar-refractivity contribution in [3.63, 3.8) is 0 Å². The molecule has 0 aliphatic rings. The van der Waals surface area contributed by atoms with Gasteiger partial charge in [-0.1, -0.05) is 42.5 Å². The van der Waals surface area contributed by atoms with E-state index in [4.69, 9.17) is 14.2 Å². The summed E-state index contributed by atoms with van der Waals surface area (Å²) in [6.07, 6.45) is -1.13. The third-order valence-corrected chi connectivity index (χ3v) is 3.98. The summed E-state index contributed by atoms with van der Waals surface area (Å²) in [6, 6.07) is 16.7. The minimum atomic E-state index is -0.643. The van der Waals surface area contributed by atoms with Crippen LogP contribution in [0.4, 0.5) is 4.79 Å². The van der Waals surface area contributed by atoms with E-state index >= 15 is 0 Å². The first-order valence-corrected chi connectivity index (χ1v) is 9.22. The third kappa shape index (κ3) is 6.87. The van der Waals surface area contributed by atoms with Gasteiger partial charge in [0.25, 0.3) is 0 Å². The van der Waals surface area contributed by atoms with Crippen molar-refractivity contribution in [2.24, 2.45) is 0 Å².